The number of aromatic nitrogens is 4. The number of imidazole rings is 1. The van der Waals surface area contributed by atoms with E-state index in [4.69, 9.17) is 0 Å². The smallest absolute Gasteiger partial charge is 0.229 e. The van der Waals surface area contributed by atoms with E-state index in [1.165, 1.54) is 11.2 Å². The SMILES string of the molecule is O=C1CCC(=O)N1C1CCC(Nc2ncnc3nc[nH]c23)CC1. The lowest BCUT2D eigenvalue weighted by molar-refractivity contribution is -0.141. The molecule has 1 saturated heterocycles. The number of imide groups is 1. The summed E-state index contributed by atoms with van der Waals surface area (Å²) in [4.78, 5) is 40.7. The Labute approximate surface area is 132 Å². The van der Waals surface area contributed by atoms with Crippen LogP contribution in [0.25, 0.3) is 11.2 Å². The van der Waals surface area contributed by atoms with Crippen molar-refractivity contribution < 1.29 is 9.59 Å². The van der Waals surface area contributed by atoms with Crippen molar-refractivity contribution in [1.82, 2.24) is 24.8 Å². The van der Waals surface area contributed by atoms with E-state index in [0.29, 0.717) is 18.5 Å². The van der Waals surface area contributed by atoms with Gasteiger partial charge in [-0.3, -0.25) is 14.5 Å². The largest absolute Gasteiger partial charge is 0.365 e. The Kier molecular flexibility index (Phi) is 3.44. The van der Waals surface area contributed by atoms with Crippen molar-refractivity contribution in [3.8, 4) is 0 Å². The molecule has 2 aromatic rings. The van der Waals surface area contributed by atoms with E-state index in [9.17, 15) is 9.59 Å². The first-order valence-electron chi connectivity index (χ1n) is 7.98. The maximum absolute atomic E-state index is 11.8. The molecule has 8 heteroatoms. The van der Waals surface area contributed by atoms with Crippen molar-refractivity contribution in [2.45, 2.75) is 50.6 Å². The number of H-pyrrole nitrogens is 1. The average Bonchev–Trinajstić information content (AvgIpc) is 3.16. The highest BCUT2D eigenvalue weighted by atomic mass is 16.2. The minimum Gasteiger partial charge on any atom is -0.365 e. The summed E-state index contributed by atoms with van der Waals surface area (Å²) in [6.07, 6.45) is 7.33. The molecule has 120 valence electrons. The molecule has 1 aliphatic heterocycles. The zero-order valence-electron chi connectivity index (χ0n) is 12.7. The first-order chi connectivity index (χ1) is 11.2. The van der Waals surface area contributed by atoms with Crippen LogP contribution in [0.15, 0.2) is 12.7 Å². The molecule has 0 atom stereocenters. The number of carbonyl (C=O) groups excluding carboxylic acids is 2. The summed E-state index contributed by atoms with van der Waals surface area (Å²) in [7, 11) is 0. The zero-order valence-corrected chi connectivity index (χ0v) is 12.7. The van der Waals surface area contributed by atoms with Crippen LogP contribution >= 0.6 is 0 Å². The summed E-state index contributed by atoms with van der Waals surface area (Å²) in [5.74, 6) is 0.729. The number of nitrogens with zero attached hydrogens (tertiary/aromatic N) is 4. The van der Waals surface area contributed by atoms with Crippen molar-refractivity contribution in [2.75, 3.05) is 5.32 Å². The van der Waals surface area contributed by atoms with Crippen LogP contribution in [-0.4, -0.2) is 48.7 Å². The molecular weight excluding hydrogens is 296 g/mol. The Balaban J connectivity index is 1.41. The lowest BCUT2D eigenvalue weighted by atomic mass is 9.90. The number of carbonyl (C=O) groups is 2. The summed E-state index contributed by atoms with van der Waals surface area (Å²) in [5.41, 5.74) is 1.45. The molecule has 8 nitrogen and oxygen atoms in total. The standard InChI is InChI=1S/C15H18N6O2/c22-11-5-6-12(23)21(11)10-3-1-9(2-4-10)20-15-13-14(17-7-16-13)18-8-19-15/h7-10H,1-6H2,(H2,16,17,18,19,20). The molecule has 0 spiro atoms. The molecular formula is C15H18N6O2. The second-order valence-electron chi connectivity index (χ2n) is 6.13. The third-order valence-electron chi connectivity index (χ3n) is 4.72. The van der Waals surface area contributed by atoms with Gasteiger partial charge in [0.05, 0.1) is 6.33 Å². The second kappa shape index (κ2) is 5.60. The number of rotatable bonds is 3. The summed E-state index contributed by atoms with van der Waals surface area (Å²) in [6, 6.07) is 0.341. The second-order valence-corrected chi connectivity index (χ2v) is 6.13. The molecule has 1 aliphatic carbocycles. The molecule has 0 unspecified atom stereocenters. The van der Waals surface area contributed by atoms with E-state index >= 15 is 0 Å². The summed E-state index contributed by atoms with van der Waals surface area (Å²) in [5, 5.41) is 3.43. The van der Waals surface area contributed by atoms with Crippen LogP contribution in [0, 0.1) is 0 Å². The van der Waals surface area contributed by atoms with E-state index in [1.807, 2.05) is 0 Å². The third-order valence-corrected chi connectivity index (χ3v) is 4.72. The number of fused-ring (bicyclic) bond motifs is 1. The summed E-state index contributed by atoms with van der Waals surface area (Å²) in [6.45, 7) is 0. The highest BCUT2D eigenvalue weighted by Gasteiger charge is 2.36. The minimum atomic E-state index is -0.0126. The maximum atomic E-state index is 11.8. The fourth-order valence-electron chi connectivity index (χ4n) is 3.55. The molecule has 4 rings (SSSR count). The molecule has 2 amide bonds. The lowest BCUT2D eigenvalue weighted by Crippen LogP contribution is -2.43. The van der Waals surface area contributed by atoms with Gasteiger partial charge in [0.25, 0.3) is 0 Å². The topological polar surface area (TPSA) is 104 Å². The van der Waals surface area contributed by atoms with Gasteiger partial charge >= 0.3 is 0 Å². The number of anilines is 1. The Hall–Kier alpha value is -2.51. The first kappa shape index (κ1) is 14.1. The number of hydrogen-bond acceptors (Lipinski definition) is 6. The number of hydrogen-bond donors (Lipinski definition) is 2. The van der Waals surface area contributed by atoms with Gasteiger partial charge in [0, 0.05) is 24.9 Å². The van der Waals surface area contributed by atoms with Crippen LogP contribution in [0.3, 0.4) is 0 Å². The monoisotopic (exact) mass is 314 g/mol. The van der Waals surface area contributed by atoms with Crippen LogP contribution in [-0.2, 0) is 9.59 Å². The summed E-state index contributed by atoms with van der Waals surface area (Å²) >= 11 is 0. The molecule has 1 saturated carbocycles. The number of nitrogens with one attached hydrogen (secondary N) is 2. The number of aromatic amines is 1. The fourth-order valence-corrected chi connectivity index (χ4v) is 3.55. The van der Waals surface area contributed by atoms with Gasteiger partial charge in [0.2, 0.25) is 11.8 Å². The van der Waals surface area contributed by atoms with Gasteiger partial charge in [-0.25, -0.2) is 15.0 Å². The van der Waals surface area contributed by atoms with Crippen LogP contribution in [0.2, 0.25) is 0 Å². The van der Waals surface area contributed by atoms with E-state index in [1.54, 1.807) is 6.33 Å². The van der Waals surface area contributed by atoms with Crippen molar-refractivity contribution >= 4 is 28.8 Å². The molecule has 0 bridgehead atoms. The number of likely N-dealkylation sites (tertiary alicyclic amines) is 1. The lowest BCUT2D eigenvalue weighted by Gasteiger charge is -2.33. The van der Waals surface area contributed by atoms with Crippen molar-refractivity contribution in [1.29, 1.82) is 0 Å². The van der Waals surface area contributed by atoms with Crippen LogP contribution in [0.5, 0.6) is 0 Å². The van der Waals surface area contributed by atoms with E-state index in [-0.39, 0.29) is 23.9 Å². The molecule has 2 N–H and O–H groups in total. The van der Waals surface area contributed by atoms with E-state index in [0.717, 1.165) is 37.0 Å². The predicted octanol–water partition coefficient (Wildman–Crippen LogP) is 1.22. The van der Waals surface area contributed by atoms with Crippen LogP contribution < -0.4 is 5.32 Å². The van der Waals surface area contributed by atoms with E-state index in [2.05, 4.69) is 25.3 Å². The van der Waals surface area contributed by atoms with Crippen LogP contribution in [0.1, 0.15) is 38.5 Å². The Bertz CT molecular complexity index is 733. The normalized spacial score (nSPS) is 25.3. The maximum Gasteiger partial charge on any atom is 0.229 e. The number of amides is 2. The minimum absolute atomic E-state index is 0.0126. The molecule has 0 radical (unpaired) electrons. The van der Waals surface area contributed by atoms with Crippen molar-refractivity contribution in [3.63, 3.8) is 0 Å². The van der Waals surface area contributed by atoms with Gasteiger partial charge in [-0.2, -0.15) is 0 Å². The van der Waals surface area contributed by atoms with Gasteiger partial charge in [0.1, 0.15) is 11.8 Å². The molecule has 23 heavy (non-hydrogen) atoms. The van der Waals surface area contributed by atoms with E-state index < -0.39 is 0 Å². The third kappa shape index (κ3) is 2.54. The predicted molar refractivity (Wildman–Crippen MR) is 82.4 cm³/mol. The Morgan fingerprint density at radius 3 is 2.52 bits per heavy atom. The van der Waals surface area contributed by atoms with Crippen molar-refractivity contribution in [2.24, 2.45) is 0 Å². The summed E-state index contributed by atoms with van der Waals surface area (Å²) < 4.78 is 0. The quantitative estimate of drug-likeness (QED) is 0.826. The highest BCUT2D eigenvalue weighted by Crippen LogP contribution is 2.29. The zero-order chi connectivity index (χ0) is 15.8. The molecule has 2 aromatic heterocycles. The average molecular weight is 314 g/mol. The fraction of sp³-hybridized carbons (Fsp3) is 0.533. The first-order valence-corrected chi connectivity index (χ1v) is 7.98. The van der Waals surface area contributed by atoms with Gasteiger partial charge in [-0.15, -0.1) is 0 Å². The van der Waals surface area contributed by atoms with Gasteiger partial charge in [-0.05, 0) is 25.7 Å². The molecule has 2 aliphatic rings. The van der Waals surface area contributed by atoms with Gasteiger partial charge in [-0.1, -0.05) is 0 Å². The molecule has 3 heterocycles. The van der Waals surface area contributed by atoms with Gasteiger partial charge in [0.15, 0.2) is 11.5 Å². The Morgan fingerprint density at radius 2 is 1.78 bits per heavy atom. The Morgan fingerprint density at radius 1 is 1.04 bits per heavy atom. The van der Waals surface area contributed by atoms with Crippen molar-refractivity contribution in [3.05, 3.63) is 12.7 Å². The molecule has 0 aromatic carbocycles. The van der Waals surface area contributed by atoms with Crippen LogP contribution in [0.4, 0.5) is 5.82 Å². The van der Waals surface area contributed by atoms with Gasteiger partial charge < -0.3 is 10.3 Å². The highest BCUT2D eigenvalue weighted by molar-refractivity contribution is 6.02. The molecule has 2 fully saturated rings.